The maximum absolute atomic E-state index is 16.4. The molecule has 10 aromatic rings. The molecule has 0 saturated carbocycles. The topological polar surface area (TPSA) is 112 Å². The van der Waals surface area contributed by atoms with Crippen molar-refractivity contribution in [2.75, 3.05) is 36.2 Å². The van der Waals surface area contributed by atoms with Gasteiger partial charge in [0.1, 0.15) is 11.5 Å². The molecule has 2 aliphatic heterocycles. The monoisotopic (exact) mass is 2000 g/mol. The van der Waals surface area contributed by atoms with Gasteiger partial charge in [0, 0.05) is 71.9 Å². The molecule has 0 saturated heterocycles. The van der Waals surface area contributed by atoms with Gasteiger partial charge >= 0.3 is 0 Å². The number of rotatable bonds is 83. The zero-order valence-electron chi connectivity index (χ0n) is 92.6. The number of anilines is 2. The molecule has 0 aliphatic carbocycles. The van der Waals surface area contributed by atoms with E-state index in [1.54, 1.807) is 22.7 Å². The summed E-state index contributed by atoms with van der Waals surface area (Å²) in [5, 5.41) is 10.9. The number of amides is 4. The second-order valence-corrected chi connectivity index (χ2v) is 46.4. The molecule has 10 nitrogen and oxygen atoms in total. The molecule has 12 rings (SSSR count). The number of imide groups is 2. The minimum Gasteiger partial charge on any atom is -0.493 e. The van der Waals surface area contributed by atoms with Crippen LogP contribution in [0.2, 0.25) is 0 Å². The Bertz CT molecular complexity index is 5510. The van der Waals surface area contributed by atoms with E-state index in [1.165, 1.54) is 431 Å². The lowest BCUT2D eigenvalue weighted by atomic mass is 9.79. The quantitative estimate of drug-likeness (QED) is 0.0160. The number of aryl methyl sites for hydroxylation is 5. The van der Waals surface area contributed by atoms with Gasteiger partial charge in [0.2, 0.25) is 0 Å². The number of ether oxygens (including phenoxy) is 4. The number of hydrogen-bond donors (Lipinski definition) is 0. The number of carbonyl (C=O) groups is 4. The Morgan fingerprint density at radius 1 is 0.222 bits per heavy atom. The lowest BCUT2D eigenvalue weighted by Gasteiger charge is -2.32. The number of thiophene rings is 2. The number of hydrogen-bond acceptors (Lipinski definition) is 10. The second-order valence-electron chi connectivity index (χ2n) is 44.5. The van der Waals surface area contributed by atoms with Gasteiger partial charge in [-0.15, -0.1) is 22.7 Å². The van der Waals surface area contributed by atoms with Crippen molar-refractivity contribution < 1.29 is 38.1 Å². The number of unbranched alkanes of at least 4 members (excludes halogenated alkanes) is 68. The Labute approximate surface area is 881 Å². The van der Waals surface area contributed by atoms with Crippen LogP contribution in [0.25, 0.3) is 73.7 Å². The van der Waals surface area contributed by atoms with Crippen LogP contribution in [0.5, 0.6) is 23.0 Å². The molecule has 8 aromatic carbocycles. The van der Waals surface area contributed by atoms with Gasteiger partial charge in [0.25, 0.3) is 23.6 Å². The normalized spacial score (nSPS) is 12.8. The van der Waals surface area contributed by atoms with Crippen molar-refractivity contribution in [1.82, 2.24) is 0 Å². The van der Waals surface area contributed by atoms with Crippen LogP contribution in [0.1, 0.15) is 565 Å². The summed E-state index contributed by atoms with van der Waals surface area (Å²) in [5.41, 5.74) is 9.47. The van der Waals surface area contributed by atoms with Gasteiger partial charge in [-0.3, -0.25) is 19.2 Å². The third kappa shape index (κ3) is 33.5. The highest BCUT2D eigenvalue weighted by molar-refractivity contribution is 7.28. The highest BCUT2D eigenvalue weighted by Crippen LogP contribution is 2.55. The van der Waals surface area contributed by atoms with Crippen molar-refractivity contribution in [3.63, 3.8) is 0 Å². The number of benzene rings is 8. The highest BCUT2D eigenvalue weighted by atomic mass is 32.1. The van der Waals surface area contributed by atoms with Gasteiger partial charge in [0.15, 0.2) is 11.5 Å². The Kier molecular flexibility index (Phi) is 51.8. The fraction of sp³-hybridized carbons (Fsp3) is 0.652. The minimum absolute atomic E-state index is 0.389. The Hall–Kier alpha value is -7.54. The van der Waals surface area contributed by atoms with Gasteiger partial charge in [-0.05, 0) is 175 Å². The number of carbonyl (C=O) groups excluding carboxylic acids is 4. The maximum Gasteiger partial charge on any atom is 0.266 e. The van der Waals surface area contributed by atoms with E-state index in [2.05, 4.69) is 85.0 Å². The predicted octanol–water partition coefficient (Wildman–Crippen LogP) is 43.0. The van der Waals surface area contributed by atoms with Crippen LogP contribution in [0.15, 0.2) is 72.1 Å². The van der Waals surface area contributed by atoms with E-state index in [1.807, 2.05) is 56.3 Å². The summed E-state index contributed by atoms with van der Waals surface area (Å²) in [5.74, 6) is 1.31. The largest absolute Gasteiger partial charge is 0.493 e. The molecule has 0 atom stereocenters. The minimum atomic E-state index is -0.401. The molecular formula is C132H194N2O8S2. The number of fused-ring (bicyclic) bond motifs is 5. The van der Waals surface area contributed by atoms with Crippen LogP contribution in [0, 0.1) is 41.5 Å². The van der Waals surface area contributed by atoms with Crippen molar-refractivity contribution in [3.8, 4) is 33.4 Å². The predicted molar refractivity (Wildman–Crippen MR) is 625 cm³/mol. The molecule has 144 heavy (non-hydrogen) atoms. The smallest absolute Gasteiger partial charge is 0.266 e. The molecule has 2 aromatic heterocycles. The van der Waals surface area contributed by atoms with E-state index in [-0.39, 0.29) is 5.91 Å². The summed E-state index contributed by atoms with van der Waals surface area (Å²) < 4.78 is 29.8. The first-order valence-corrected chi connectivity index (χ1v) is 62.2. The standard InChI is InChI=1S/C132H194N2O8S2/c1-11-15-19-23-27-31-35-39-43-47-51-55-59-63-67-71-75-79-87-139-115-94-105(91-99(5)103(115)9)133-130(136)110-85-83-107-118-100(6)93-113-121-109(86-84-108(123(118)121)120-112(96-114(132(133)138)122(110)124(107)120)117-97-111-104(10)126(119-102(8)98-143-128(119)127(111)144-117)142-90-82-78-74-70-66-62-58-54-50-46-42-38-34-30-26-22-18-14-4)129(135)134(131(113)137)106-92-101(7)125(141-89-81-77-73-69-65-61-57-53-49-45-41-37-33-29-25-21-17-13-3)116(95-106)140-88-80-76-72-68-64-60-56-52-48-44-40-36-32-28-24-20-16-12-2/h83-86,91-98H,11-82,87-90H2,1-10H3. The molecular weight excluding hydrogens is 1810 g/mol. The van der Waals surface area contributed by atoms with Gasteiger partial charge in [-0.1, -0.05) is 476 Å². The molecule has 0 fully saturated rings. The zero-order chi connectivity index (χ0) is 101. The van der Waals surface area contributed by atoms with E-state index >= 15 is 19.2 Å². The molecule has 0 spiro atoms. The van der Waals surface area contributed by atoms with E-state index in [4.69, 9.17) is 18.9 Å². The zero-order valence-corrected chi connectivity index (χ0v) is 94.3. The summed E-state index contributed by atoms with van der Waals surface area (Å²) in [6.45, 7) is 24.1. The first-order chi connectivity index (χ1) is 70.7. The van der Waals surface area contributed by atoms with Crippen molar-refractivity contribution in [3.05, 3.63) is 128 Å². The van der Waals surface area contributed by atoms with Crippen LogP contribution in [0.4, 0.5) is 11.4 Å². The Balaban J connectivity index is 0.783. The lowest BCUT2D eigenvalue weighted by molar-refractivity contribution is 0.0877. The summed E-state index contributed by atoms with van der Waals surface area (Å²) >= 11 is 3.51. The van der Waals surface area contributed by atoms with Crippen molar-refractivity contribution in [1.29, 1.82) is 0 Å². The van der Waals surface area contributed by atoms with Crippen LogP contribution < -0.4 is 28.7 Å². The van der Waals surface area contributed by atoms with E-state index in [0.717, 1.165) is 143 Å². The third-order valence-electron chi connectivity index (χ3n) is 32.5. The second kappa shape index (κ2) is 64.8. The van der Waals surface area contributed by atoms with E-state index < -0.39 is 17.7 Å². The maximum atomic E-state index is 16.4. The van der Waals surface area contributed by atoms with Crippen LogP contribution >= 0.6 is 22.7 Å². The highest BCUT2D eigenvalue weighted by Gasteiger charge is 2.41. The average Bonchev–Trinajstić information content (AvgIpc) is 0.784. The van der Waals surface area contributed by atoms with Crippen molar-refractivity contribution in [2.24, 2.45) is 0 Å². The fourth-order valence-corrected chi connectivity index (χ4v) is 26.1. The van der Waals surface area contributed by atoms with Crippen LogP contribution in [-0.2, 0) is 0 Å². The molecule has 12 heteroatoms. The van der Waals surface area contributed by atoms with Crippen molar-refractivity contribution >= 4 is 121 Å². The van der Waals surface area contributed by atoms with Crippen LogP contribution in [0.3, 0.4) is 0 Å². The molecule has 4 heterocycles. The van der Waals surface area contributed by atoms with Gasteiger partial charge in [0.05, 0.1) is 47.2 Å². The molecule has 2 aliphatic rings. The molecule has 0 unspecified atom stereocenters. The summed E-state index contributed by atoms with van der Waals surface area (Å²) in [6, 6.07) is 22.1. The molecule has 0 N–H and O–H groups in total. The van der Waals surface area contributed by atoms with E-state index in [0.29, 0.717) is 88.1 Å². The molecule has 4 amide bonds. The SMILES string of the molecule is CCCCCCCCCCCCCCCCCCCCOc1cc(N2C(=O)c3ccc4c5c(C)cc6c7c(ccc(c8c(-c9cc%10c(C)c(OCCCCCCCCCCCCCCCCCCCC)c%11c(C)csc%11c%10s9)cc(c3c48)C2=O)c75)C(=O)N(c2cc(C)c(OCCCCCCCCCCCCCCCCCCCC)c(OCCCCCCCCCCCCCCCCCCCC)c2)C6=O)cc(C)c1C. The lowest BCUT2D eigenvalue weighted by Crippen LogP contribution is -2.41. The average molecular weight is 2000 g/mol. The summed E-state index contributed by atoms with van der Waals surface area (Å²) in [7, 11) is 0. The fourth-order valence-electron chi connectivity index (χ4n) is 23.6. The summed E-state index contributed by atoms with van der Waals surface area (Å²) in [4.78, 5) is 68.3. The first-order valence-electron chi connectivity index (χ1n) is 60.5. The van der Waals surface area contributed by atoms with Gasteiger partial charge < -0.3 is 18.9 Å². The Morgan fingerprint density at radius 3 is 0.889 bits per heavy atom. The third-order valence-corrected chi connectivity index (χ3v) is 35.0. The van der Waals surface area contributed by atoms with Crippen LogP contribution in [-0.4, -0.2) is 50.1 Å². The van der Waals surface area contributed by atoms with Gasteiger partial charge in [-0.2, -0.15) is 0 Å². The molecule has 792 valence electrons. The molecule has 0 bridgehead atoms. The van der Waals surface area contributed by atoms with Crippen molar-refractivity contribution in [2.45, 2.75) is 532 Å². The summed E-state index contributed by atoms with van der Waals surface area (Å²) in [6.07, 6.45) is 94.9. The first kappa shape index (κ1) is 115. The van der Waals surface area contributed by atoms with Gasteiger partial charge in [-0.25, -0.2) is 9.80 Å². The number of nitrogens with zero attached hydrogens (tertiary/aromatic N) is 2. The van der Waals surface area contributed by atoms with E-state index in [9.17, 15) is 0 Å². The Morgan fingerprint density at radius 2 is 0.521 bits per heavy atom. The molecule has 0 radical (unpaired) electrons.